The van der Waals surface area contributed by atoms with Crippen LogP contribution in [0.1, 0.15) is 10.4 Å². The summed E-state index contributed by atoms with van der Waals surface area (Å²) < 4.78 is 55.1. The fourth-order valence-electron chi connectivity index (χ4n) is 2.35. The Morgan fingerprint density at radius 1 is 0.857 bits per heavy atom. The third kappa shape index (κ3) is 4.29. The van der Waals surface area contributed by atoms with Gasteiger partial charge in [0.05, 0.1) is 26.9 Å². The third-order valence-electron chi connectivity index (χ3n) is 3.74. The molecule has 9 heteroatoms. The van der Waals surface area contributed by atoms with Gasteiger partial charge in [0, 0.05) is 0 Å². The zero-order valence-corrected chi connectivity index (χ0v) is 15.7. The molecule has 0 heterocycles. The second kappa shape index (κ2) is 7.95. The van der Waals surface area contributed by atoms with E-state index < -0.39 is 27.6 Å². The lowest BCUT2D eigenvalue weighted by atomic mass is 10.2. The van der Waals surface area contributed by atoms with E-state index in [0.29, 0.717) is 0 Å². The van der Waals surface area contributed by atoms with Gasteiger partial charge in [0.25, 0.3) is 15.9 Å². The highest BCUT2D eigenvalue weighted by atomic mass is 35.5. The molecule has 0 unspecified atom stereocenters. The van der Waals surface area contributed by atoms with Gasteiger partial charge in [-0.15, -0.1) is 0 Å². The van der Waals surface area contributed by atoms with Crippen LogP contribution in [0.4, 0.5) is 20.2 Å². The van der Waals surface area contributed by atoms with Crippen LogP contribution >= 0.6 is 11.6 Å². The lowest BCUT2D eigenvalue weighted by molar-refractivity contribution is 0.102. The molecule has 5 nitrogen and oxygen atoms in total. The van der Waals surface area contributed by atoms with Crippen molar-refractivity contribution >= 4 is 38.9 Å². The van der Waals surface area contributed by atoms with Crippen molar-refractivity contribution in [2.75, 3.05) is 10.0 Å². The first-order valence-corrected chi connectivity index (χ1v) is 9.77. The highest BCUT2D eigenvalue weighted by Crippen LogP contribution is 2.26. The van der Waals surface area contributed by atoms with Gasteiger partial charge in [-0.3, -0.25) is 9.52 Å². The zero-order valence-electron chi connectivity index (χ0n) is 14.1. The van der Waals surface area contributed by atoms with Crippen LogP contribution in [0.25, 0.3) is 0 Å². The van der Waals surface area contributed by atoms with E-state index in [9.17, 15) is 22.0 Å². The normalized spacial score (nSPS) is 11.1. The molecule has 0 aliphatic heterocycles. The molecule has 144 valence electrons. The Morgan fingerprint density at radius 3 is 2.21 bits per heavy atom. The molecule has 0 spiro atoms. The molecule has 2 N–H and O–H groups in total. The van der Waals surface area contributed by atoms with Gasteiger partial charge in [0.1, 0.15) is 11.6 Å². The lowest BCUT2D eigenvalue weighted by Gasteiger charge is -2.11. The van der Waals surface area contributed by atoms with E-state index in [2.05, 4.69) is 10.0 Å². The summed E-state index contributed by atoms with van der Waals surface area (Å²) in [6, 6.07) is 14.3. The Kier molecular flexibility index (Phi) is 5.62. The molecule has 0 bridgehead atoms. The molecule has 0 fully saturated rings. The Morgan fingerprint density at radius 2 is 1.54 bits per heavy atom. The van der Waals surface area contributed by atoms with E-state index in [-0.39, 0.29) is 26.9 Å². The van der Waals surface area contributed by atoms with Gasteiger partial charge in [-0.1, -0.05) is 35.9 Å². The van der Waals surface area contributed by atoms with Crippen LogP contribution in [-0.2, 0) is 10.0 Å². The molecule has 3 aromatic carbocycles. The van der Waals surface area contributed by atoms with Crippen LogP contribution < -0.4 is 10.0 Å². The highest BCUT2D eigenvalue weighted by molar-refractivity contribution is 7.92. The molecule has 0 atom stereocenters. The van der Waals surface area contributed by atoms with Crippen molar-refractivity contribution in [3.05, 3.63) is 89.0 Å². The molecule has 3 rings (SSSR count). The molecule has 0 saturated heterocycles. The molecule has 3 aromatic rings. The number of para-hydroxylation sites is 1. The second-order valence-electron chi connectivity index (χ2n) is 5.66. The van der Waals surface area contributed by atoms with Crippen LogP contribution in [0.2, 0.25) is 5.02 Å². The molecule has 1 amide bonds. The predicted octanol–water partition coefficient (Wildman–Crippen LogP) is 4.67. The first-order valence-electron chi connectivity index (χ1n) is 7.91. The number of amides is 1. The summed E-state index contributed by atoms with van der Waals surface area (Å²) in [7, 11) is -4.11. The van der Waals surface area contributed by atoms with E-state index in [1.165, 1.54) is 30.3 Å². The minimum absolute atomic E-state index is 0.140. The van der Waals surface area contributed by atoms with Crippen molar-refractivity contribution in [3.63, 3.8) is 0 Å². The van der Waals surface area contributed by atoms with Crippen LogP contribution in [0.3, 0.4) is 0 Å². The maximum absolute atomic E-state index is 14.3. The number of hydrogen-bond donors (Lipinski definition) is 2. The summed E-state index contributed by atoms with van der Waals surface area (Å²) in [5.74, 6) is -2.61. The largest absolute Gasteiger partial charge is 0.319 e. The lowest BCUT2D eigenvalue weighted by Crippen LogP contribution is -2.16. The third-order valence-corrected chi connectivity index (χ3v) is 5.43. The number of sulfonamides is 1. The Balaban J connectivity index is 1.83. The van der Waals surface area contributed by atoms with Gasteiger partial charge in [0.2, 0.25) is 0 Å². The zero-order chi connectivity index (χ0) is 20.3. The summed E-state index contributed by atoms with van der Waals surface area (Å²) in [5.41, 5.74) is -0.412. The molecule has 28 heavy (non-hydrogen) atoms. The van der Waals surface area contributed by atoms with Crippen LogP contribution in [0.5, 0.6) is 0 Å². The van der Waals surface area contributed by atoms with Crippen LogP contribution in [0, 0.1) is 11.6 Å². The van der Waals surface area contributed by atoms with Gasteiger partial charge in [-0.05, 0) is 42.5 Å². The predicted molar refractivity (Wildman–Crippen MR) is 103 cm³/mol. The summed E-state index contributed by atoms with van der Waals surface area (Å²) in [6.45, 7) is 0. The first kappa shape index (κ1) is 19.8. The monoisotopic (exact) mass is 422 g/mol. The van der Waals surface area contributed by atoms with Crippen LogP contribution in [0.15, 0.2) is 71.6 Å². The number of benzene rings is 3. The minimum atomic E-state index is -4.11. The summed E-state index contributed by atoms with van der Waals surface area (Å²) >= 11 is 5.92. The Hall–Kier alpha value is -2.97. The molecule has 0 aromatic heterocycles. The number of nitrogens with one attached hydrogen (secondary N) is 2. The standard InChI is InChI=1S/C19H13ClF2N2O3S/c20-14-6-2-4-8-17(14)24-28(26,27)12-9-10-18(16(22)11-12)23-19(25)13-5-1-3-7-15(13)21/h1-11,24H,(H,23,25). The van der Waals surface area contributed by atoms with E-state index in [1.54, 1.807) is 12.1 Å². The number of rotatable bonds is 5. The van der Waals surface area contributed by atoms with Crippen molar-refractivity contribution < 1.29 is 22.0 Å². The van der Waals surface area contributed by atoms with Crippen molar-refractivity contribution in [2.24, 2.45) is 0 Å². The summed E-state index contributed by atoms with van der Waals surface area (Å²) in [5, 5.41) is 2.40. The highest BCUT2D eigenvalue weighted by Gasteiger charge is 2.19. The molecule has 0 saturated carbocycles. The fourth-order valence-corrected chi connectivity index (χ4v) is 3.68. The Bertz CT molecular complexity index is 1150. The molecule has 0 aliphatic rings. The number of anilines is 2. The Labute approximate surface area is 165 Å². The number of halogens is 3. The second-order valence-corrected chi connectivity index (χ2v) is 7.75. The van der Waals surface area contributed by atoms with Crippen LogP contribution in [-0.4, -0.2) is 14.3 Å². The maximum atomic E-state index is 14.3. The number of carbonyl (C=O) groups is 1. The minimum Gasteiger partial charge on any atom is -0.319 e. The van der Waals surface area contributed by atoms with Crippen molar-refractivity contribution in [2.45, 2.75) is 4.90 Å². The summed E-state index contributed by atoms with van der Waals surface area (Å²) in [4.78, 5) is 11.7. The molecular weight excluding hydrogens is 410 g/mol. The van der Waals surface area contributed by atoms with Gasteiger partial charge >= 0.3 is 0 Å². The average Bonchev–Trinajstić information content (AvgIpc) is 2.65. The van der Waals surface area contributed by atoms with Crippen molar-refractivity contribution in [1.82, 2.24) is 0 Å². The van der Waals surface area contributed by atoms with Gasteiger partial charge in [0.15, 0.2) is 0 Å². The van der Waals surface area contributed by atoms with Gasteiger partial charge in [-0.2, -0.15) is 0 Å². The molecule has 0 aliphatic carbocycles. The molecular formula is C19H13ClF2N2O3S. The van der Waals surface area contributed by atoms with Crippen molar-refractivity contribution in [3.8, 4) is 0 Å². The van der Waals surface area contributed by atoms with E-state index >= 15 is 0 Å². The summed E-state index contributed by atoms with van der Waals surface area (Å²) in [6.07, 6.45) is 0. The fraction of sp³-hybridized carbons (Fsp3) is 0. The average molecular weight is 423 g/mol. The number of carbonyl (C=O) groups excluding carboxylic acids is 1. The van der Waals surface area contributed by atoms with Crippen molar-refractivity contribution in [1.29, 1.82) is 0 Å². The first-order chi connectivity index (χ1) is 13.3. The smallest absolute Gasteiger partial charge is 0.262 e. The SMILES string of the molecule is O=C(Nc1ccc(S(=O)(=O)Nc2ccccc2Cl)cc1F)c1ccccc1F. The van der Waals surface area contributed by atoms with Gasteiger partial charge < -0.3 is 5.32 Å². The van der Waals surface area contributed by atoms with E-state index in [4.69, 9.17) is 11.6 Å². The number of hydrogen-bond acceptors (Lipinski definition) is 3. The van der Waals surface area contributed by atoms with E-state index in [0.717, 1.165) is 24.3 Å². The topological polar surface area (TPSA) is 75.3 Å². The maximum Gasteiger partial charge on any atom is 0.262 e. The van der Waals surface area contributed by atoms with E-state index in [1.807, 2.05) is 0 Å². The molecule has 0 radical (unpaired) electrons. The van der Waals surface area contributed by atoms with Gasteiger partial charge in [-0.25, -0.2) is 17.2 Å². The quantitative estimate of drug-likeness (QED) is 0.627.